The van der Waals surface area contributed by atoms with Gasteiger partial charge in [-0.25, -0.2) is 0 Å². The highest BCUT2D eigenvalue weighted by Gasteiger charge is 2.23. The molecule has 0 atom stereocenters. The van der Waals surface area contributed by atoms with Gasteiger partial charge in [0.05, 0.1) is 5.56 Å². The first kappa shape index (κ1) is 14.6. The van der Waals surface area contributed by atoms with Crippen LogP contribution in [0, 0.1) is 0 Å². The Balaban J connectivity index is 1.79. The highest BCUT2D eigenvalue weighted by Crippen LogP contribution is 2.30. The van der Waals surface area contributed by atoms with Gasteiger partial charge in [0, 0.05) is 28.9 Å². The van der Waals surface area contributed by atoms with Gasteiger partial charge in [-0.2, -0.15) is 0 Å². The van der Waals surface area contributed by atoms with Gasteiger partial charge >= 0.3 is 0 Å². The summed E-state index contributed by atoms with van der Waals surface area (Å²) in [7, 11) is 0. The van der Waals surface area contributed by atoms with E-state index in [0.717, 1.165) is 28.3 Å². The maximum Gasteiger partial charge on any atom is 0.196 e. The van der Waals surface area contributed by atoms with Crippen LogP contribution in [0.5, 0.6) is 5.75 Å². The number of nitrogens with zero attached hydrogens (tertiary/aromatic N) is 1. The molecule has 0 spiro atoms. The van der Waals surface area contributed by atoms with Crippen LogP contribution in [0.15, 0.2) is 60.4 Å². The Kier molecular flexibility index (Phi) is 3.62. The molecule has 118 valence electrons. The molecule has 2 aromatic carbocycles. The van der Waals surface area contributed by atoms with Gasteiger partial charge in [-0.15, -0.1) is 0 Å². The molecule has 3 nitrogen and oxygen atoms in total. The van der Waals surface area contributed by atoms with Crippen LogP contribution in [0.2, 0.25) is 0 Å². The summed E-state index contributed by atoms with van der Waals surface area (Å²) >= 11 is 0. The molecular formula is C21H17NO2. The van der Waals surface area contributed by atoms with Crippen molar-refractivity contribution in [3.05, 3.63) is 77.1 Å². The van der Waals surface area contributed by atoms with Crippen LogP contribution in [0.4, 0.5) is 0 Å². The first-order valence-electron chi connectivity index (χ1n) is 8.10. The zero-order valence-corrected chi connectivity index (χ0v) is 13.5. The highest BCUT2D eigenvalue weighted by molar-refractivity contribution is 6.14. The molecule has 1 aliphatic heterocycles. The fourth-order valence-corrected chi connectivity index (χ4v) is 3.04. The number of hydrogen-bond acceptors (Lipinski definition) is 3. The van der Waals surface area contributed by atoms with Gasteiger partial charge in [0.1, 0.15) is 12.4 Å². The zero-order chi connectivity index (χ0) is 16.5. The number of Topliss-reactive ketones (excluding diaryl/α,β-unsaturated/α-hetero) is 1. The number of ether oxygens (including phenoxy) is 1. The smallest absolute Gasteiger partial charge is 0.196 e. The van der Waals surface area contributed by atoms with E-state index in [9.17, 15) is 4.79 Å². The minimum Gasteiger partial charge on any atom is -0.488 e. The Hall–Kier alpha value is -2.94. The van der Waals surface area contributed by atoms with Crippen molar-refractivity contribution in [2.24, 2.45) is 0 Å². The van der Waals surface area contributed by atoms with Gasteiger partial charge in [-0.3, -0.25) is 9.78 Å². The van der Waals surface area contributed by atoms with Crippen LogP contribution >= 0.6 is 0 Å². The van der Waals surface area contributed by atoms with Crippen molar-refractivity contribution < 1.29 is 9.53 Å². The topological polar surface area (TPSA) is 39.2 Å². The van der Waals surface area contributed by atoms with E-state index in [2.05, 4.69) is 11.9 Å². The van der Waals surface area contributed by atoms with Crippen molar-refractivity contribution in [1.82, 2.24) is 4.98 Å². The molecule has 0 saturated heterocycles. The summed E-state index contributed by atoms with van der Waals surface area (Å²) in [5.74, 6) is 0.713. The lowest BCUT2D eigenvalue weighted by Crippen LogP contribution is -2.19. The lowest BCUT2D eigenvalue weighted by atomic mass is 9.95. The van der Waals surface area contributed by atoms with Crippen molar-refractivity contribution in [2.75, 3.05) is 6.61 Å². The lowest BCUT2D eigenvalue weighted by Gasteiger charge is -2.19. The Morgan fingerprint density at radius 2 is 2.04 bits per heavy atom. The van der Waals surface area contributed by atoms with Gasteiger partial charge in [0.2, 0.25) is 0 Å². The number of fused-ring (bicyclic) bond motifs is 2. The fraction of sp³-hybridized carbons (Fsp3) is 0.143. The average molecular weight is 315 g/mol. The summed E-state index contributed by atoms with van der Waals surface area (Å²) in [6.07, 6.45) is 6.42. The van der Waals surface area contributed by atoms with E-state index in [-0.39, 0.29) is 5.78 Å². The molecule has 0 saturated carbocycles. The van der Waals surface area contributed by atoms with E-state index in [0.29, 0.717) is 23.5 Å². The highest BCUT2D eigenvalue weighted by atomic mass is 16.5. The van der Waals surface area contributed by atoms with Crippen molar-refractivity contribution in [3.8, 4) is 5.75 Å². The average Bonchev–Trinajstić information content (AvgIpc) is 2.64. The van der Waals surface area contributed by atoms with Crippen LogP contribution in [0.1, 0.15) is 28.4 Å². The molecule has 1 aromatic heterocycles. The molecule has 0 N–H and O–H groups in total. The van der Waals surface area contributed by atoms with Crippen LogP contribution in [-0.2, 0) is 6.42 Å². The normalized spacial score (nSPS) is 15.4. The molecule has 3 heteroatoms. The third-order valence-electron chi connectivity index (χ3n) is 4.40. The second-order valence-electron chi connectivity index (χ2n) is 5.92. The van der Waals surface area contributed by atoms with Crippen LogP contribution in [0.3, 0.4) is 0 Å². The largest absolute Gasteiger partial charge is 0.488 e. The first-order chi connectivity index (χ1) is 11.8. The maximum atomic E-state index is 12.9. The summed E-state index contributed by atoms with van der Waals surface area (Å²) in [5.41, 5.74) is 3.39. The second kappa shape index (κ2) is 5.93. The summed E-state index contributed by atoms with van der Waals surface area (Å²) in [6.45, 7) is 2.37. The lowest BCUT2D eigenvalue weighted by molar-refractivity contribution is 0.100. The van der Waals surface area contributed by atoms with Gasteiger partial charge in [0.15, 0.2) is 5.78 Å². The minimum absolute atomic E-state index is 0.0412. The Labute approximate surface area is 140 Å². The molecule has 0 bridgehead atoms. The number of ketones is 1. The number of aryl methyl sites for hydroxylation is 1. The Bertz CT molecular complexity index is 967. The molecule has 1 aliphatic rings. The maximum absolute atomic E-state index is 12.9. The Morgan fingerprint density at radius 1 is 1.17 bits per heavy atom. The number of carbonyl (C=O) groups excluding carboxylic acids is 1. The fourth-order valence-electron chi connectivity index (χ4n) is 3.04. The van der Waals surface area contributed by atoms with Crippen molar-refractivity contribution in [2.45, 2.75) is 13.3 Å². The van der Waals surface area contributed by atoms with E-state index in [1.54, 1.807) is 6.20 Å². The molecule has 24 heavy (non-hydrogen) atoms. The van der Waals surface area contributed by atoms with Crippen LogP contribution in [-0.4, -0.2) is 17.4 Å². The molecule has 0 unspecified atom stereocenters. The predicted molar refractivity (Wildman–Crippen MR) is 95.4 cm³/mol. The molecule has 0 amide bonds. The molecule has 2 heterocycles. The molecule has 3 aromatic rings. The van der Waals surface area contributed by atoms with Crippen molar-refractivity contribution in [3.63, 3.8) is 0 Å². The molecular weight excluding hydrogens is 298 g/mol. The number of carbonyl (C=O) groups is 1. The van der Waals surface area contributed by atoms with Crippen molar-refractivity contribution >= 4 is 22.6 Å². The quantitative estimate of drug-likeness (QED) is 0.656. The number of hydrogen-bond donors (Lipinski definition) is 0. The summed E-state index contributed by atoms with van der Waals surface area (Å²) < 4.78 is 5.78. The third kappa shape index (κ3) is 2.48. The standard InChI is InChI=1S/C21H17NO2/c1-2-14-7-8-20-19(9-14)21(23)17(13-24-20)10-16-12-22-11-15-5-3-4-6-18(15)16/h3-12H,2,13H2,1H3/b17-10+. The van der Waals surface area contributed by atoms with Crippen LogP contribution in [0.25, 0.3) is 16.8 Å². The number of pyridine rings is 1. The second-order valence-corrected chi connectivity index (χ2v) is 5.92. The van der Waals surface area contributed by atoms with Gasteiger partial charge in [0.25, 0.3) is 0 Å². The SMILES string of the molecule is CCc1ccc2c(c1)C(=O)/C(=C/c1cncc3ccccc13)CO2. The van der Waals surface area contributed by atoms with E-state index < -0.39 is 0 Å². The predicted octanol–water partition coefficient (Wildman–Crippen LogP) is 4.46. The number of aromatic nitrogens is 1. The first-order valence-corrected chi connectivity index (χ1v) is 8.10. The number of rotatable bonds is 2. The van der Waals surface area contributed by atoms with Gasteiger partial charge < -0.3 is 4.74 Å². The Morgan fingerprint density at radius 3 is 2.92 bits per heavy atom. The monoisotopic (exact) mass is 315 g/mol. The minimum atomic E-state index is 0.0412. The van der Waals surface area contributed by atoms with Crippen molar-refractivity contribution in [1.29, 1.82) is 0 Å². The van der Waals surface area contributed by atoms with E-state index in [1.807, 2.05) is 54.7 Å². The van der Waals surface area contributed by atoms with E-state index in [4.69, 9.17) is 4.74 Å². The van der Waals surface area contributed by atoms with Gasteiger partial charge in [-0.05, 0) is 35.6 Å². The van der Waals surface area contributed by atoms with E-state index >= 15 is 0 Å². The summed E-state index contributed by atoms with van der Waals surface area (Å²) in [4.78, 5) is 17.1. The summed E-state index contributed by atoms with van der Waals surface area (Å²) in [6, 6.07) is 13.9. The number of benzene rings is 2. The molecule has 4 rings (SSSR count). The van der Waals surface area contributed by atoms with Gasteiger partial charge in [-0.1, -0.05) is 37.3 Å². The summed E-state index contributed by atoms with van der Waals surface area (Å²) in [5, 5.41) is 2.14. The molecule has 0 fully saturated rings. The third-order valence-corrected chi connectivity index (χ3v) is 4.40. The molecule has 0 radical (unpaired) electrons. The zero-order valence-electron chi connectivity index (χ0n) is 13.5. The molecule has 0 aliphatic carbocycles. The van der Waals surface area contributed by atoms with E-state index in [1.165, 1.54) is 0 Å². The van der Waals surface area contributed by atoms with Crippen LogP contribution < -0.4 is 4.74 Å².